The Bertz CT molecular complexity index is 1450. The number of hydrogen-bond acceptors (Lipinski definition) is 7. The third-order valence-electron chi connectivity index (χ3n) is 8.11. The predicted octanol–water partition coefficient (Wildman–Crippen LogP) is 4.85. The van der Waals surface area contributed by atoms with Crippen LogP contribution in [0.3, 0.4) is 0 Å². The molecule has 15 heteroatoms. The number of sulfonamides is 1. The number of benzene rings is 2. The Labute approximate surface area is 278 Å². The van der Waals surface area contributed by atoms with Crippen LogP contribution in [0, 0.1) is 17.8 Å². The molecule has 1 aliphatic rings. The molecule has 2 aromatic rings. The Balaban J connectivity index is 1.60. The summed E-state index contributed by atoms with van der Waals surface area (Å²) in [6.45, 7) is 6.95. The Morgan fingerprint density at radius 1 is 0.872 bits per heavy atom. The number of carbonyl (C=O) groups is 3. The largest absolute Gasteiger partial charge is 0.462 e. The zero-order chi connectivity index (χ0) is 34.9. The quantitative estimate of drug-likeness (QED) is 0.163. The molecular formula is C32H42ClF3N4O6S. The minimum atomic E-state index is -4.58. The normalized spacial score (nSPS) is 19.1. The monoisotopic (exact) mass is 702 g/mol. The SMILES string of the molecule is CC(C)[C@H](NCl)C(=O)N[C@H](C(=O)OC[C@@H](NC(=O)C1CCC(NS(=O)(=O)c2ccc(C(F)(F)F)cc2)CC1)c1ccccc1)C(C)C. The van der Waals surface area contributed by atoms with Crippen LogP contribution in [0.15, 0.2) is 59.5 Å². The van der Waals surface area contributed by atoms with Crippen molar-refractivity contribution >= 4 is 39.6 Å². The summed E-state index contributed by atoms with van der Waals surface area (Å²) in [6.07, 6.45) is -3.18. The van der Waals surface area contributed by atoms with Crippen LogP contribution in [0.5, 0.6) is 0 Å². The van der Waals surface area contributed by atoms with Crippen molar-refractivity contribution in [3.63, 3.8) is 0 Å². The molecule has 0 saturated heterocycles. The molecule has 3 atom stereocenters. The van der Waals surface area contributed by atoms with Gasteiger partial charge in [-0.15, -0.1) is 0 Å². The number of rotatable bonds is 14. The van der Waals surface area contributed by atoms with Gasteiger partial charge in [-0.2, -0.15) is 13.2 Å². The second kappa shape index (κ2) is 16.8. The summed E-state index contributed by atoms with van der Waals surface area (Å²) < 4.78 is 72.3. The fourth-order valence-corrected chi connectivity index (χ4v) is 6.91. The van der Waals surface area contributed by atoms with Crippen molar-refractivity contribution in [2.24, 2.45) is 17.8 Å². The molecule has 4 N–H and O–H groups in total. The predicted molar refractivity (Wildman–Crippen MR) is 170 cm³/mol. The molecule has 0 aromatic heterocycles. The van der Waals surface area contributed by atoms with E-state index in [-0.39, 0.29) is 29.2 Å². The highest BCUT2D eigenvalue weighted by Crippen LogP contribution is 2.31. The number of esters is 1. The van der Waals surface area contributed by atoms with E-state index in [1.807, 2.05) is 19.9 Å². The van der Waals surface area contributed by atoms with Crippen molar-refractivity contribution < 1.29 is 40.7 Å². The van der Waals surface area contributed by atoms with E-state index < -0.39 is 63.7 Å². The molecule has 0 unspecified atom stereocenters. The zero-order valence-corrected chi connectivity index (χ0v) is 28.2. The maximum Gasteiger partial charge on any atom is 0.416 e. The number of halogens is 4. The summed E-state index contributed by atoms with van der Waals surface area (Å²) in [4.78, 5) is 41.4. The lowest BCUT2D eigenvalue weighted by Crippen LogP contribution is -2.52. The average molecular weight is 703 g/mol. The van der Waals surface area contributed by atoms with Crippen molar-refractivity contribution in [3.8, 4) is 0 Å². The van der Waals surface area contributed by atoms with E-state index in [1.165, 1.54) is 0 Å². The molecule has 10 nitrogen and oxygen atoms in total. The highest BCUT2D eigenvalue weighted by atomic mass is 35.5. The molecule has 1 aliphatic carbocycles. The van der Waals surface area contributed by atoms with Gasteiger partial charge < -0.3 is 15.4 Å². The van der Waals surface area contributed by atoms with E-state index in [0.29, 0.717) is 31.2 Å². The molecule has 1 fully saturated rings. The first-order valence-electron chi connectivity index (χ1n) is 15.4. The van der Waals surface area contributed by atoms with Crippen molar-refractivity contribution in [1.82, 2.24) is 20.2 Å². The Morgan fingerprint density at radius 3 is 1.96 bits per heavy atom. The molecule has 2 aromatic carbocycles. The lowest BCUT2D eigenvalue weighted by molar-refractivity contribution is -0.150. The molecule has 0 aliphatic heterocycles. The summed E-state index contributed by atoms with van der Waals surface area (Å²) >= 11 is 5.73. The third-order valence-corrected chi connectivity index (χ3v) is 9.88. The Morgan fingerprint density at radius 2 is 1.45 bits per heavy atom. The van der Waals surface area contributed by atoms with Gasteiger partial charge in [-0.3, -0.25) is 9.59 Å². The van der Waals surface area contributed by atoms with Gasteiger partial charge in [0.05, 0.1) is 16.5 Å². The molecule has 1 saturated carbocycles. The molecular weight excluding hydrogens is 661 g/mol. The van der Waals surface area contributed by atoms with E-state index in [4.69, 9.17) is 16.5 Å². The lowest BCUT2D eigenvalue weighted by atomic mass is 9.85. The first kappa shape index (κ1) is 38.2. The van der Waals surface area contributed by atoms with E-state index in [0.717, 1.165) is 24.3 Å². The lowest BCUT2D eigenvalue weighted by Gasteiger charge is -2.30. The molecule has 2 amide bonds. The van der Waals surface area contributed by atoms with Crippen molar-refractivity contribution in [2.75, 3.05) is 6.61 Å². The van der Waals surface area contributed by atoms with Gasteiger partial charge in [0, 0.05) is 12.0 Å². The third kappa shape index (κ3) is 10.9. The highest BCUT2D eigenvalue weighted by Gasteiger charge is 2.34. The molecule has 0 bridgehead atoms. The van der Waals surface area contributed by atoms with Crippen molar-refractivity contribution in [1.29, 1.82) is 0 Å². The smallest absolute Gasteiger partial charge is 0.416 e. The second-order valence-corrected chi connectivity index (χ2v) is 14.3. The number of carbonyl (C=O) groups excluding carboxylic acids is 3. The van der Waals surface area contributed by atoms with Crippen LogP contribution in [0.4, 0.5) is 13.2 Å². The standard InChI is InChI=1S/C32H42ClF3N4O6S/c1-19(2)27(39-33)30(42)38-28(20(3)4)31(43)46-18-26(21-8-6-5-7-9-21)37-29(41)22-10-14-24(15-11-22)40-47(44,45)25-16-12-23(13-17-25)32(34,35)36/h5-9,12-13,16-17,19-20,22,24,26-28,39-40H,10-11,14-15,18H2,1-4H3,(H,37,41)(H,38,42)/t22?,24?,26-,27+,28+/m1/s1. The van der Waals surface area contributed by atoms with Crippen LogP contribution in [-0.4, -0.2) is 50.9 Å². The van der Waals surface area contributed by atoms with Gasteiger partial charge in [0.15, 0.2) is 0 Å². The number of amides is 2. The summed E-state index contributed by atoms with van der Waals surface area (Å²) in [6, 6.07) is 9.34. The van der Waals surface area contributed by atoms with E-state index in [1.54, 1.807) is 38.1 Å². The van der Waals surface area contributed by atoms with Gasteiger partial charge in [-0.1, -0.05) is 58.0 Å². The highest BCUT2D eigenvalue weighted by molar-refractivity contribution is 7.89. The van der Waals surface area contributed by atoms with Crippen molar-refractivity contribution in [3.05, 3.63) is 65.7 Å². The average Bonchev–Trinajstić information content (AvgIpc) is 3.01. The van der Waals surface area contributed by atoms with Crippen LogP contribution in [0.1, 0.15) is 70.5 Å². The van der Waals surface area contributed by atoms with Crippen molar-refractivity contribution in [2.45, 2.75) is 88.6 Å². The van der Waals surface area contributed by atoms with E-state index in [2.05, 4.69) is 20.2 Å². The van der Waals surface area contributed by atoms with Gasteiger partial charge in [-0.25, -0.2) is 22.8 Å². The number of ether oxygens (including phenoxy) is 1. The fraction of sp³-hybridized carbons (Fsp3) is 0.531. The molecule has 0 radical (unpaired) electrons. The van der Waals surface area contributed by atoms with Crippen LogP contribution in [0.2, 0.25) is 0 Å². The topological polar surface area (TPSA) is 143 Å². The van der Waals surface area contributed by atoms with Crippen LogP contribution < -0.4 is 20.2 Å². The summed E-state index contributed by atoms with van der Waals surface area (Å²) in [5, 5.41) is 5.66. The minimum Gasteiger partial charge on any atom is -0.462 e. The minimum absolute atomic E-state index is 0.136. The molecule has 3 rings (SSSR count). The van der Waals surface area contributed by atoms with E-state index >= 15 is 0 Å². The molecule has 0 spiro atoms. The Kier molecular flexibility index (Phi) is 13.6. The number of hydrogen-bond donors (Lipinski definition) is 4. The molecule has 47 heavy (non-hydrogen) atoms. The first-order chi connectivity index (χ1) is 22.0. The van der Waals surface area contributed by atoms with Gasteiger partial charge in [0.1, 0.15) is 18.7 Å². The second-order valence-electron chi connectivity index (χ2n) is 12.4. The maximum absolute atomic E-state index is 13.4. The first-order valence-corrected chi connectivity index (χ1v) is 17.3. The fourth-order valence-electron chi connectivity index (χ4n) is 5.25. The maximum atomic E-state index is 13.4. The molecule has 260 valence electrons. The molecule has 0 heterocycles. The summed E-state index contributed by atoms with van der Waals surface area (Å²) in [5.74, 6) is -2.28. The van der Waals surface area contributed by atoms with E-state index in [9.17, 15) is 36.0 Å². The number of nitrogens with one attached hydrogen (secondary N) is 4. The summed E-state index contributed by atoms with van der Waals surface area (Å²) in [5.41, 5.74) is -0.249. The van der Waals surface area contributed by atoms with Crippen LogP contribution in [0.25, 0.3) is 0 Å². The Hall–Kier alpha value is -3.20. The summed E-state index contributed by atoms with van der Waals surface area (Å²) in [7, 11) is -4.06. The van der Waals surface area contributed by atoms with Gasteiger partial charge >= 0.3 is 12.1 Å². The van der Waals surface area contributed by atoms with Gasteiger partial charge in [0.25, 0.3) is 0 Å². The van der Waals surface area contributed by atoms with Gasteiger partial charge in [0.2, 0.25) is 21.8 Å². The van der Waals surface area contributed by atoms with Crippen LogP contribution in [-0.2, 0) is 35.3 Å². The van der Waals surface area contributed by atoms with Gasteiger partial charge in [-0.05, 0) is 79.1 Å². The number of alkyl halides is 3. The zero-order valence-electron chi connectivity index (χ0n) is 26.6. The van der Waals surface area contributed by atoms with Crippen LogP contribution >= 0.6 is 11.8 Å².